The third-order valence-electron chi connectivity index (χ3n) is 5.28. The number of rotatable bonds is 7. The van der Waals surface area contributed by atoms with E-state index in [0.717, 1.165) is 40.8 Å². The second-order valence-corrected chi connectivity index (χ2v) is 7.56. The summed E-state index contributed by atoms with van der Waals surface area (Å²) >= 11 is 0. The minimum absolute atomic E-state index is 0.0808. The van der Waals surface area contributed by atoms with Crippen LogP contribution in [-0.2, 0) is 17.8 Å². The normalized spacial score (nSPS) is 12.2. The predicted molar refractivity (Wildman–Crippen MR) is 117 cm³/mol. The number of hydrogen-bond donors (Lipinski definition) is 1. The number of amides is 1. The van der Waals surface area contributed by atoms with Crippen molar-refractivity contribution in [2.24, 2.45) is 0 Å². The van der Waals surface area contributed by atoms with Crippen molar-refractivity contribution < 1.29 is 9.21 Å². The molecule has 0 saturated heterocycles. The average Bonchev–Trinajstić information content (AvgIpc) is 3.38. The highest BCUT2D eigenvalue weighted by molar-refractivity contribution is 5.93. The molecule has 30 heavy (non-hydrogen) atoms. The Balaban J connectivity index is 1.51. The van der Waals surface area contributed by atoms with Gasteiger partial charge in [-0.3, -0.25) is 4.79 Å². The Bertz CT molecular complexity index is 1140. The fourth-order valence-electron chi connectivity index (χ4n) is 3.80. The molecule has 3 heterocycles. The fraction of sp³-hybridized carbons (Fsp3) is 0.292. The minimum Gasteiger partial charge on any atom is -0.464 e. The van der Waals surface area contributed by atoms with Crippen LogP contribution in [0.5, 0.6) is 0 Å². The second-order valence-electron chi connectivity index (χ2n) is 7.56. The number of aromatic nitrogens is 3. The Labute approximate surface area is 175 Å². The van der Waals surface area contributed by atoms with Gasteiger partial charge in [0.25, 0.3) is 0 Å². The van der Waals surface area contributed by atoms with Gasteiger partial charge < -0.3 is 9.73 Å². The monoisotopic (exact) mass is 402 g/mol. The Morgan fingerprint density at radius 2 is 2.00 bits per heavy atom. The van der Waals surface area contributed by atoms with Gasteiger partial charge in [-0.15, -0.1) is 0 Å². The van der Waals surface area contributed by atoms with Gasteiger partial charge >= 0.3 is 0 Å². The fourth-order valence-corrected chi connectivity index (χ4v) is 3.80. The van der Waals surface area contributed by atoms with Crippen LogP contribution in [0.1, 0.15) is 43.1 Å². The second kappa shape index (κ2) is 8.53. The summed E-state index contributed by atoms with van der Waals surface area (Å²) in [6.07, 6.45) is 5.56. The van der Waals surface area contributed by atoms with Gasteiger partial charge in [0.1, 0.15) is 12.3 Å². The zero-order valence-electron chi connectivity index (χ0n) is 17.6. The lowest BCUT2D eigenvalue weighted by Crippen LogP contribution is -2.30. The number of furan rings is 1. The summed E-state index contributed by atoms with van der Waals surface area (Å²) < 4.78 is 7.21. The van der Waals surface area contributed by atoms with Crippen molar-refractivity contribution in [3.05, 3.63) is 71.7 Å². The highest BCUT2D eigenvalue weighted by Gasteiger charge is 2.18. The lowest BCUT2D eigenvalue weighted by Gasteiger charge is -2.15. The van der Waals surface area contributed by atoms with Crippen LogP contribution in [-0.4, -0.2) is 20.7 Å². The number of nitrogens with one attached hydrogen (secondary N) is 1. The highest BCUT2D eigenvalue weighted by Crippen LogP contribution is 2.30. The van der Waals surface area contributed by atoms with E-state index in [1.54, 1.807) is 17.1 Å². The molecule has 0 aliphatic rings. The number of carbonyl (C=O) groups excluding carboxylic acids is 1. The Kier molecular flexibility index (Phi) is 5.65. The third-order valence-corrected chi connectivity index (χ3v) is 5.28. The first kappa shape index (κ1) is 19.9. The van der Waals surface area contributed by atoms with E-state index < -0.39 is 0 Å². The molecule has 1 amide bonds. The summed E-state index contributed by atoms with van der Waals surface area (Å²) in [7, 11) is 0. The molecule has 0 radical (unpaired) electrons. The maximum Gasteiger partial charge on any atom is 0.242 e. The van der Waals surface area contributed by atoms with Gasteiger partial charge in [0.15, 0.2) is 5.65 Å². The van der Waals surface area contributed by atoms with Crippen LogP contribution in [0.4, 0.5) is 0 Å². The van der Waals surface area contributed by atoms with E-state index in [9.17, 15) is 4.79 Å². The molecule has 4 rings (SSSR count). The Morgan fingerprint density at radius 3 is 2.70 bits per heavy atom. The van der Waals surface area contributed by atoms with Gasteiger partial charge in [-0.2, -0.15) is 5.10 Å². The van der Waals surface area contributed by atoms with Gasteiger partial charge in [0, 0.05) is 11.8 Å². The van der Waals surface area contributed by atoms with E-state index in [0.29, 0.717) is 5.65 Å². The first-order valence-electron chi connectivity index (χ1n) is 10.3. The highest BCUT2D eigenvalue weighted by atomic mass is 16.3. The number of nitrogens with zero attached hydrogens (tertiary/aromatic N) is 3. The zero-order valence-corrected chi connectivity index (χ0v) is 17.6. The van der Waals surface area contributed by atoms with Crippen molar-refractivity contribution >= 4 is 16.9 Å². The lowest BCUT2D eigenvalue weighted by molar-refractivity contribution is -0.122. The van der Waals surface area contributed by atoms with Gasteiger partial charge in [0.2, 0.25) is 5.91 Å². The van der Waals surface area contributed by atoms with Crippen molar-refractivity contribution in [1.82, 2.24) is 20.1 Å². The molecule has 0 spiro atoms. The molecule has 6 heteroatoms. The smallest absolute Gasteiger partial charge is 0.242 e. The summed E-state index contributed by atoms with van der Waals surface area (Å²) in [6, 6.07) is 14.0. The molecule has 0 fully saturated rings. The molecule has 1 unspecified atom stereocenters. The number of hydrogen-bond acceptors (Lipinski definition) is 4. The molecule has 4 aromatic rings. The first-order chi connectivity index (χ1) is 14.6. The van der Waals surface area contributed by atoms with Crippen LogP contribution in [0.25, 0.3) is 22.4 Å². The van der Waals surface area contributed by atoms with Crippen molar-refractivity contribution in [3.63, 3.8) is 0 Å². The van der Waals surface area contributed by atoms with E-state index in [4.69, 9.17) is 4.42 Å². The van der Waals surface area contributed by atoms with Crippen LogP contribution in [0.3, 0.4) is 0 Å². The van der Waals surface area contributed by atoms with Crippen LogP contribution in [0, 0.1) is 6.92 Å². The van der Waals surface area contributed by atoms with E-state index >= 15 is 0 Å². The largest absolute Gasteiger partial charge is 0.464 e. The predicted octanol–water partition coefficient (Wildman–Crippen LogP) is 4.83. The molecule has 1 aromatic carbocycles. The molecule has 0 aliphatic carbocycles. The summed E-state index contributed by atoms with van der Waals surface area (Å²) in [4.78, 5) is 17.2. The topological polar surface area (TPSA) is 73.0 Å². The average molecular weight is 402 g/mol. The number of fused-ring (bicyclic) bond motifs is 1. The van der Waals surface area contributed by atoms with Gasteiger partial charge in [-0.1, -0.05) is 37.6 Å². The van der Waals surface area contributed by atoms with Crippen LogP contribution >= 0.6 is 0 Å². The zero-order chi connectivity index (χ0) is 21.1. The third kappa shape index (κ3) is 3.99. The molecular weight excluding hydrogens is 376 g/mol. The van der Waals surface area contributed by atoms with E-state index in [1.165, 1.54) is 5.56 Å². The summed E-state index contributed by atoms with van der Waals surface area (Å²) in [6.45, 7) is 6.19. The van der Waals surface area contributed by atoms with Crippen LogP contribution in [0.15, 0.2) is 59.3 Å². The molecule has 154 valence electrons. The molecule has 0 saturated carbocycles. The summed E-state index contributed by atoms with van der Waals surface area (Å²) in [5, 5.41) is 8.53. The lowest BCUT2D eigenvalue weighted by atomic mass is 10.0. The van der Waals surface area contributed by atoms with Crippen molar-refractivity contribution in [2.45, 2.75) is 46.2 Å². The van der Waals surface area contributed by atoms with Crippen molar-refractivity contribution in [1.29, 1.82) is 0 Å². The van der Waals surface area contributed by atoms with E-state index in [1.807, 2.05) is 32.0 Å². The van der Waals surface area contributed by atoms with E-state index in [2.05, 4.69) is 46.6 Å². The maximum atomic E-state index is 12.7. The van der Waals surface area contributed by atoms with Crippen LogP contribution < -0.4 is 5.32 Å². The molecule has 6 nitrogen and oxygen atoms in total. The van der Waals surface area contributed by atoms with Gasteiger partial charge in [-0.05, 0) is 49.6 Å². The number of pyridine rings is 1. The molecular formula is C24H26N4O2. The minimum atomic E-state index is -0.102. The number of carbonyl (C=O) groups is 1. The molecule has 1 N–H and O–H groups in total. The van der Waals surface area contributed by atoms with Crippen molar-refractivity contribution in [3.8, 4) is 11.3 Å². The summed E-state index contributed by atoms with van der Waals surface area (Å²) in [5.41, 5.74) is 4.82. The van der Waals surface area contributed by atoms with Crippen LogP contribution in [0.2, 0.25) is 0 Å². The summed E-state index contributed by atoms with van der Waals surface area (Å²) in [5.74, 6) is 0.657. The molecule has 0 aliphatic heterocycles. The molecule has 1 atom stereocenters. The quantitative estimate of drug-likeness (QED) is 0.481. The Morgan fingerprint density at radius 1 is 1.20 bits per heavy atom. The molecule has 3 aromatic heterocycles. The standard InChI is InChI=1S/C24H26N4O2/c1-4-6-18-8-10-19(11-9-18)16(2)26-22(29)15-28-24-23(17(3)27-28)20(12-13-25-24)21-7-5-14-30-21/h5,7-14,16H,4,6,15H2,1-3H3,(H,26,29). The SMILES string of the molecule is CCCc1ccc(C(C)NC(=O)Cn2nc(C)c3c(-c4ccco4)ccnc32)cc1. The van der Waals surface area contributed by atoms with Gasteiger partial charge in [-0.25, -0.2) is 9.67 Å². The van der Waals surface area contributed by atoms with Crippen molar-refractivity contribution in [2.75, 3.05) is 0 Å². The number of aryl methyl sites for hydroxylation is 2. The number of benzene rings is 1. The Hall–Kier alpha value is -3.41. The van der Waals surface area contributed by atoms with E-state index in [-0.39, 0.29) is 18.5 Å². The van der Waals surface area contributed by atoms with Gasteiger partial charge in [0.05, 0.1) is 23.4 Å². The molecule has 0 bridgehead atoms. The maximum absolute atomic E-state index is 12.7. The first-order valence-corrected chi connectivity index (χ1v) is 10.3.